The minimum Gasteiger partial charge on any atom is -0.485 e. The molecule has 0 fully saturated rings. The van der Waals surface area contributed by atoms with Gasteiger partial charge in [-0.15, -0.1) is 0 Å². The van der Waals surface area contributed by atoms with Crippen LogP contribution in [-0.4, -0.2) is 11.6 Å². The van der Waals surface area contributed by atoms with E-state index in [1.54, 1.807) is 30.3 Å². The van der Waals surface area contributed by atoms with E-state index in [-0.39, 0.29) is 5.56 Å². The van der Waals surface area contributed by atoms with Crippen LogP contribution in [0.5, 0.6) is 5.75 Å². The molecule has 0 saturated carbocycles. The Hall–Kier alpha value is -1.49. The van der Waals surface area contributed by atoms with Crippen LogP contribution in [0.3, 0.4) is 0 Å². The molecule has 5 heteroatoms. The molecular weight excluding hydrogens is 328 g/mol. The molecule has 1 heterocycles. The first-order valence-electron chi connectivity index (χ1n) is 6.11. The van der Waals surface area contributed by atoms with Gasteiger partial charge in [-0.1, -0.05) is 46.3 Å². The molecule has 0 saturated heterocycles. The van der Waals surface area contributed by atoms with Gasteiger partial charge in [-0.05, 0) is 19.1 Å². The molecular formula is C15H14BrF2NO. The van der Waals surface area contributed by atoms with Gasteiger partial charge in [0.25, 0.3) is 0 Å². The van der Waals surface area contributed by atoms with E-state index in [0.29, 0.717) is 16.8 Å². The standard InChI is InChI=1S/C15H14BrF2NO/c1-11-7-8-14(13(9-16)19-11)20-10-15(17,18)12-5-3-2-4-6-12/h2-8H,9-10H2,1H3. The van der Waals surface area contributed by atoms with Crippen molar-refractivity contribution in [2.75, 3.05) is 6.61 Å². The lowest BCUT2D eigenvalue weighted by Crippen LogP contribution is -2.23. The molecule has 2 nitrogen and oxygen atoms in total. The van der Waals surface area contributed by atoms with Gasteiger partial charge in [0.2, 0.25) is 0 Å². The summed E-state index contributed by atoms with van der Waals surface area (Å²) in [6.45, 7) is 1.14. The fraction of sp³-hybridized carbons (Fsp3) is 0.267. The van der Waals surface area contributed by atoms with E-state index in [4.69, 9.17) is 4.74 Å². The molecule has 2 rings (SSSR count). The Morgan fingerprint density at radius 3 is 2.50 bits per heavy atom. The molecule has 0 aliphatic rings. The zero-order chi connectivity index (χ0) is 14.6. The molecule has 1 aromatic heterocycles. The summed E-state index contributed by atoms with van der Waals surface area (Å²) < 4.78 is 33.3. The molecule has 0 aliphatic heterocycles. The number of pyridine rings is 1. The summed E-state index contributed by atoms with van der Waals surface area (Å²) in [4.78, 5) is 4.25. The predicted molar refractivity (Wildman–Crippen MR) is 77.4 cm³/mol. The summed E-state index contributed by atoms with van der Waals surface area (Å²) in [7, 11) is 0. The summed E-state index contributed by atoms with van der Waals surface area (Å²) in [5.41, 5.74) is 1.39. The van der Waals surface area contributed by atoms with Gasteiger partial charge in [0, 0.05) is 16.6 Å². The number of aromatic nitrogens is 1. The van der Waals surface area contributed by atoms with Gasteiger partial charge in [-0.25, -0.2) is 0 Å². The van der Waals surface area contributed by atoms with E-state index in [0.717, 1.165) is 5.69 Å². The molecule has 20 heavy (non-hydrogen) atoms. The molecule has 0 radical (unpaired) electrons. The average Bonchev–Trinajstić information content (AvgIpc) is 2.46. The molecule has 0 amide bonds. The molecule has 0 atom stereocenters. The average molecular weight is 342 g/mol. The van der Waals surface area contributed by atoms with Crippen molar-refractivity contribution in [2.24, 2.45) is 0 Å². The lowest BCUT2D eigenvalue weighted by atomic mass is 10.1. The summed E-state index contributed by atoms with van der Waals surface area (Å²) in [5.74, 6) is -2.65. The lowest BCUT2D eigenvalue weighted by molar-refractivity contribution is -0.0469. The van der Waals surface area contributed by atoms with Gasteiger partial charge in [0.1, 0.15) is 5.75 Å². The van der Waals surface area contributed by atoms with Gasteiger partial charge < -0.3 is 4.74 Å². The van der Waals surface area contributed by atoms with E-state index in [9.17, 15) is 8.78 Å². The zero-order valence-electron chi connectivity index (χ0n) is 10.9. The summed E-state index contributed by atoms with van der Waals surface area (Å²) in [6.07, 6.45) is 0. The summed E-state index contributed by atoms with van der Waals surface area (Å²) in [5, 5.41) is 0.459. The van der Waals surface area contributed by atoms with Gasteiger partial charge in [0.15, 0.2) is 6.61 Å². The fourth-order valence-corrected chi connectivity index (χ4v) is 2.16. The highest BCUT2D eigenvalue weighted by molar-refractivity contribution is 9.08. The molecule has 0 bridgehead atoms. The minimum absolute atomic E-state index is 0.0551. The number of halogens is 3. The van der Waals surface area contributed by atoms with Crippen LogP contribution >= 0.6 is 15.9 Å². The predicted octanol–water partition coefficient (Wildman–Crippen LogP) is 4.46. The Balaban J connectivity index is 2.12. The Morgan fingerprint density at radius 2 is 1.85 bits per heavy atom. The maximum absolute atomic E-state index is 14.0. The molecule has 2 aromatic rings. The number of ether oxygens (including phenoxy) is 1. The van der Waals surface area contributed by atoms with Crippen molar-refractivity contribution >= 4 is 15.9 Å². The van der Waals surface area contributed by atoms with E-state index in [2.05, 4.69) is 20.9 Å². The third-order valence-corrected chi connectivity index (χ3v) is 3.33. The van der Waals surface area contributed by atoms with Crippen LogP contribution < -0.4 is 4.74 Å². The molecule has 1 aromatic carbocycles. The van der Waals surface area contributed by atoms with E-state index < -0.39 is 12.5 Å². The van der Waals surface area contributed by atoms with Crippen LogP contribution in [0.4, 0.5) is 8.78 Å². The minimum atomic E-state index is -3.03. The molecule has 0 spiro atoms. The first kappa shape index (κ1) is 14.9. The third kappa shape index (κ3) is 3.54. The summed E-state index contributed by atoms with van der Waals surface area (Å²) in [6, 6.07) is 11.1. The summed E-state index contributed by atoms with van der Waals surface area (Å²) >= 11 is 3.28. The largest absolute Gasteiger partial charge is 0.485 e. The highest BCUT2D eigenvalue weighted by Crippen LogP contribution is 2.29. The van der Waals surface area contributed by atoms with E-state index in [1.165, 1.54) is 12.1 Å². The molecule has 0 aliphatic carbocycles. The van der Waals surface area contributed by atoms with Crippen LogP contribution in [-0.2, 0) is 11.3 Å². The lowest BCUT2D eigenvalue weighted by Gasteiger charge is -2.18. The first-order chi connectivity index (χ1) is 9.53. The number of aryl methyl sites for hydroxylation is 1. The third-order valence-electron chi connectivity index (χ3n) is 2.80. The van der Waals surface area contributed by atoms with Crippen molar-refractivity contribution in [2.45, 2.75) is 18.2 Å². The Bertz CT molecular complexity index is 575. The first-order valence-corrected chi connectivity index (χ1v) is 7.24. The molecule has 0 N–H and O–H groups in total. The Morgan fingerprint density at radius 1 is 1.15 bits per heavy atom. The van der Waals surface area contributed by atoms with Crippen molar-refractivity contribution in [1.29, 1.82) is 0 Å². The van der Waals surface area contributed by atoms with Crippen LogP contribution in [0.15, 0.2) is 42.5 Å². The second-order valence-electron chi connectivity index (χ2n) is 4.39. The van der Waals surface area contributed by atoms with Gasteiger partial charge in [-0.3, -0.25) is 4.98 Å². The van der Waals surface area contributed by atoms with E-state index in [1.807, 2.05) is 6.92 Å². The van der Waals surface area contributed by atoms with Crippen LogP contribution in [0, 0.1) is 6.92 Å². The number of benzene rings is 1. The SMILES string of the molecule is Cc1ccc(OCC(F)(F)c2ccccc2)c(CBr)n1. The Kier molecular flexibility index (Phi) is 4.70. The second kappa shape index (κ2) is 6.31. The second-order valence-corrected chi connectivity index (χ2v) is 4.95. The highest BCUT2D eigenvalue weighted by Gasteiger charge is 2.32. The zero-order valence-corrected chi connectivity index (χ0v) is 12.5. The van der Waals surface area contributed by atoms with Crippen LogP contribution in [0.25, 0.3) is 0 Å². The van der Waals surface area contributed by atoms with Gasteiger partial charge >= 0.3 is 5.92 Å². The quantitative estimate of drug-likeness (QED) is 0.749. The Labute approximate surface area is 124 Å². The topological polar surface area (TPSA) is 22.1 Å². The maximum atomic E-state index is 14.0. The normalized spacial score (nSPS) is 11.4. The number of alkyl halides is 3. The number of hydrogen-bond donors (Lipinski definition) is 0. The van der Waals surface area contributed by atoms with Crippen LogP contribution in [0.1, 0.15) is 17.0 Å². The van der Waals surface area contributed by atoms with Crippen LogP contribution in [0.2, 0.25) is 0 Å². The van der Waals surface area contributed by atoms with Crippen molar-refractivity contribution in [3.05, 3.63) is 59.4 Å². The van der Waals surface area contributed by atoms with E-state index >= 15 is 0 Å². The van der Waals surface area contributed by atoms with Gasteiger partial charge in [-0.2, -0.15) is 8.78 Å². The smallest absolute Gasteiger partial charge is 0.306 e. The molecule has 0 unspecified atom stereocenters. The van der Waals surface area contributed by atoms with Crippen molar-refractivity contribution in [1.82, 2.24) is 4.98 Å². The maximum Gasteiger partial charge on any atom is 0.306 e. The number of nitrogens with zero attached hydrogens (tertiary/aromatic N) is 1. The van der Waals surface area contributed by atoms with Crippen molar-refractivity contribution < 1.29 is 13.5 Å². The molecule has 106 valence electrons. The van der Waals surface area contributed by atoms with Crippen molar-refractivity contribution in [3.8, 4) is 5.75 Å². The fourth-order valence-electron chi connectivity index (χ4n) is 1.76. The number of hydrogen-bond acceptors (Lipinski definition) is 2. The van der Waals surface area contributed by atoms with Gasteiger partial charge in [0.05, 0.1) is 5.69 Å². The van der Waals surface area contributed by atoms with Crippen molar-refractivity contribution in [3.63, 3.8) is 0 Å². The highest BCUT2D eigenvalue weighted by atomic mass is 79.9. The number of rotatable bonds is 5. The monoisotopic (exact) mass is 341 g/mol.